The van der Waals surface area contributed by atoms with Crippen molar-refractivity contribution in [2.75, 3.05) is 13.1 Å². The van der Waals surface area contributed by atoms with Gasteiger partial charge in [-0.05, 0) is 46.0 Å². The highest BCUT2D eigenvalue weighted by Gasteiger charge is 2.14. The molecule has 0 bridgehead atoms. The van der Waals surface area contributed by atoms with Crippen LogP contribution in [0.4, 0.5) is 0 Å². The maximum atomic E-state index is 11.8. The predicted molar refractivity (Wildman–Crippen MR) is 102 cm³/mol. The Morgan fingerprint density at radius 1 is 0.731 bits per heavy atom. The summed E-state index contributed by atoms with van der Waals surface area (Å²) >= 11 is 0. The molecule has 7 nitrogen and oxygen atoms in total. The van der Waals surface area contributed by atoms with Crippen LogP contribution in [-0.4, -0.2) is 42.5 Å². The van der Waals surface area contributed by atoms with Gasteiger partial charge in [0.15, 0.2) is 0 Å². The molecule has 0 fully saturated rings. The molecule has 0 spiro atoms. The number of amides is 2. The molecule has 0 aliphatic rings. The van der Waals surface area contributed by atoms with Gasteiger partial charge < -0.3 is 26.0 Å². The number of hydrogen-bond acceptors (Lipinski definition) is 5. The van der Waals surface area contributed by atoms with E-state index in [-0.39, 0.29) is 29.8 Å². The fraction of sp³-hybridized carbons (Fsp3) is 0.789. The van der Waals surface area contributed by atoms with Gasteiger partial charge >= 0.3 is 0 Å². The molecule has 2 amide bonds. The van der Waals surface area contributed by atoms with Gasteiger partial charge in [0.05, 0.1) is 6.04 Å². The van der Waals surface area contributed by atoms with Crippen LogP contribution < -0.4 is 16.4 Å². The Hall–Kier alpha value is -1.76. The molecular formula is C19H35N3O4. The summed E-state index contributed by atoms with van der Waals surface area (Å²) in [6.45, 7) is 4.27. The highest BCUT2D eigenvalue weighted by molar-refractivity contribution is 5.82. The maximum Gasteiger partial charge on any atom is 0.236 e. The number of nitrogens with one attached hydrogen (secondary N) is 2. The van der Waals surface area contributed by atoms with Gasteiger partial charge in [0.25, 0.3) is 0 Å². The first-order chi connectivity index (χ1) is 12.3. The van der Waals surface area contributed by atoms with Crippen LogP contribution >= 0.6 is 0 Å². The molecule has 7 heteroatoms. The average Bonchev–Trinajstić information content (AvgIpc) is 2.58. The van der Waals surface area contributed by atoms with E-state index in [1.165, 1.54) is 0 Å². The highest BCUT2D eigenvalue weighted by Crippen LogP contribution is 2.01. The van der Waals surface area contributed by atoms with Crippen LogP contribution in [0, 0.1) is 0 Å². The number of unbranched alkanes of at least 4 members (excludes halogenated alkanes) is 4. The minimum Gasteiger partial charge on any atom is -0.356 e. The van der Waals surface area contributed by atoms with E-state index in [1.807, 2.05) is 0 Å². The van der Waals surface area contributed by atoms with E-state index >= 15 is 0 Å². The zero-order chi connectivity index (χ0) is 19.8. The average molecular weight is 370 g/mol. The Morgan fingerprint density at radius 2 is 1.23 bits per heavy atom. The van der Waals surface area contributed by atoms with Crippen molar-refractivity contribution in [2.24, 2.45) is 5.73 Å². The lowest BCUT2D eigenvalue weighted by Crippen LogP contribution is -2.41. The molecule has 0 heterocycles. The summed E-state index contributed by atoms with van der Waals surface area (Å²) in [5, 5.41) is 5.56. The SMILES string of the molecule is CC(=O)CCCCCNC(=O)CCC(N)C(=O)NCCCCCC(C)=O. The van der Waals surface area contributed by atoms with Crippen LogP contribution in [0.1, 0.15) is 78.1 Å². The van der Waals surface area contributed by atoms with E-state index in [2.05, 4.69) is 10.6 Å². The number of carbonyl (C=O) groups excluding carboxylic acids is 4. The van der Waals surface area contributed by atoms with Gasteiger partial charge in [-0.25, -0.2) is 0 Å². The van der Waals surface area contributed by atoms with Crippen molar-refractivity contribution < 1.29 is 19.2 Å². The van der Waals surface area contributed by atoms with E-state index in [0.717, 1.165) is 38.5 Å². The third-order valence-corrected chi connectivity index (χ3v) is 4.05. The van der Waals surface area contributed by atoms with Crippen LogP contribution in [0.5, 0.6) is 0 Å². The lowest BCUT2D eigenvalue weighted by atomic mass is 10.1. The Labute approximate surface area is 156 Å². The van der Waals surface area contributed by atoms with Crippen molar-refractivity contribution in [1.29, 1.82) is 0 Å². The summed E-state index contributed by atoms with van der Waals surface area (Å²) < 4.78 is 0. The van der Waals surface area contributed by atoms with Crippen LogP contribution in [-0.2, 0) is 19.2 Å². The Balaban J connectivity index is 3.61. The van der Waals surface area contributed by atoms with Gasteiger partial charge in [0, 0.05) is 32.4 Å². The van der Waals surface area contributed by atoms with E-state index in [1.54, 1.807) is 13.8 Å². The quantitative estimate of drug-likeness (QED) is 0.357. The van der Waals surface area contributed by atoms with Gasteiger partial charge in [0.1, 0.15) is 11.6 Å². The Morgan fingerprint density at radius 3 is 1.73 bits per heavy atom. The number of Topliss-reactive ketones (excluding diaryl/α,β-unsaturated/α-hetero) is 2. The second-order valence-corrected chi connectivity index (χ2v) is 6.81. The number of hydrogen-bond donors (Lipinski definition) is 3. The zero-order valence-corrected chi connectivity index (χ0v) is 16.3. The summed E-state index contributed by atoms with van der Waals surface area (Å²) in [5.41, 5.74) is 5.80. The molecule has 0 aromatic rings. The number of nitrogens with two attached hydrogens (primary N) is 1. The zero-order valence-electron chi connectivity index (χ0n) is 16.3. The minimum absolute atomic E-state index is 0.107. The fourth-order valence-corrected chi connectivity index (χ4v) is 2.43. The molecule has 0 aliphatic heterocycles. The molecule has 1 atom stereocenters. The monoisotopic (exact) mass is 369 g/mol. The van der Waals surface area contributed by atoms with Gasteiger partial charge in [-0.15, -0.1) is 0 Å². The topological polar surface area (TPSA) is 118 Å². The van der Waals surface area contributed by atoms with Gasteiger partial charge in [0.2, 0.25) is 11.8 Å². The summed E-state index contributed by atoms with van der Waals surface area (Å²) in [6.07, 6.45) is 6.86. The van der Waals surface area contributed by atoms with Crippen LogP contribution in [0.15, 0.2) is 0 Å². The molecule has 0 aromatic heterocycles. The van der Waals surface area contributed by atoms with Crippen molar-refractivity contribution in [3.63, 3.8) is 0 Å². The van der Waals surface area contributed by atoms with E-state index in [4.69, 9.17) is 5.73 Å². The second kappa shape index (κ2) is 15.5. The number of rotatable bonds is 16. The second-order valence-electron chi connectivity index (χ2n) is 6.81. The van der Waals surface area contributed by atoms with E-state index in [9.17, 15) is 19.2 Å². The lowest BCUT2D eigenvalue weighted by Gasteiger charge is -2.12. The number of carbonyl (C=O) groups is 4. The standard InChI is InChI=1S/C19H35N3O4/c1-15(23)9-5-3-7-13-21-18(25)12-11-17(20)19(26)22-14-8-4-6-10-16(2)24/h17H,3-14,20H2,1-2H3,(H,21,25)(H,22,26). The minimum atomic E-state index is -0.687. The van der Waals surface area contributed by atoms with Crippen LogP contribution in [0.3, 0.4) is 0 Å². The van der Waals surface area contributed by atoms with E-state index in [0.29, 0.717) is 32.4 Å². The van der Waals surface area contributed by atoms with Crippen LogP contribution in [0.25, 0.3) is 0 Å². The van der Waals surface area contributed by atoms with Crippen molar-refractivity contribution in [3.8, 4) is 0 Å². The smallest absolute Gasteiger partial charge is 0.236 e. The largest absolute Gasteiger partial charge is 0.356 e. The Kier molecular flexibility index (Phi) is 14.4. The molecule has 150 valence electrons. The molecule has 1 unspecified atom stereocenters. The third kappa shape index (κ3) is 15.7. The first kappa shape index (κ1) is 24.2. The van der Waals surface area contributed by atoms with E-state index < -0.39 is 6.04 Å². The predicted octanol–water partition coefficient (Wildman–Crippen LogP) is 1.63. The van der Waals surface area contributed by atoms with Crippen molar-refractivity contribution in [2.45, 2.75) is 84.1 Å². The summed E-state index contributed by atoms with van der Waals surface area (Å²) in [4.78, 5) is 45.2. The van der Waals surface area contributed by atoms with Gasteiger partial charge in [-0.2, -0.15) is 0 Å². The third-order valence-electron chi connectivity index (χ3n) is 4.05. The summed E-state index contributed by atoms with van der Waals surface area (Å²) in [6, 6.07) is -0.687. The van der Waals surface area contributed by atoms with Gasteiger partial charge in [-0.1, -0.05) is 12.8 Å². The summed E-state index contributed by atoms with van der Waals surface area (Å²) in [5.74, 6) is 0.0282. The molecule has 4 N–H and O–H groups in total. The van der Waals surface area contributed by atoms with Crippen LogP contribution in [0.2, 0.25) is 0 Å². The van der Waals surface area contributed by atoms with Crippen molar-refractivity contribution >= 4 is 23.4 Å². The summed E-state index contributed by atoms with van der Waals surface area (Å²) in [7, 11) is 0. The maximum absolute atomic E-state index is 11.8. The molecule has 0 saturated heterocycles. The lowest BCUT2D eigenvalue weighted by molar-refractivity contribution is -0.123. The first-order valence-electron chi connectivity index (χ1n) is 9.61. The van der Waals surface area contributed by atoms with Crippen molar-refractivity contribution in [1.82, 2.24) is 10.6 Å². The molecule has 0 saturated carbocycles. The molecule has 26 heavy (non-hydrogen) atoms. The number of ketones is 2. The van der Waals surface area contributed by atoms with Gasteiger partial charge in [-0.3, -0.25) is 9.59 Å². The molecule has 0 aliphatic carbocycles. The normalized spacial score (nSPS) is 11.7. The fourth-order valence-electron chi connectivity index (χ4n) is 2.43. The molecule has 0 aromatic carbocycles. The first-order valence-corrected chi connectivity index (χ1v) is 9.61. The highest BCUT2D eigenvalue weighted by atomic mass is 16.2. The molecule has 0 rings (SSSR count). The molecular weight excluding hydrogens is 334 g/mol. The molecule has 0 radical (unpaired) electrons. The van der Waals surface area contributed by atoms with Crippen molar-refractivity contribution in [3.05, 3.63) is 0 Å². The Bertz CT molecular complexity index is 452.